The largest absolute Gasteiger partial charge is 0.396 e. The third-order valence-electron chi connectivity index (χ3n) is 2.89. The Balaban J connectivity index is 1.96. The number of anilines is 2. The second-order valence-corrected chi connectivity index (χ2v) is 5.38. The van der Waals surface area contributed by atoms with Gasteiger partial charge in [0.25, 0.3) is 5.91 Å². The molecule has 2 rings (SSSR count). The highest BCUT2D eigenvalue weighted by Gasteiger charge is 2.13. The molecule has 0 bridgehead atoms. The third-order valence-corrected chi connectivity index (χ3v) is 3.52. The highest BCUT2D eigenvalue weighted by Crippen LogP contribution is 2.30. The Morgan fingerprint density at radius 2 is 1.74 bits per heavy atom. The molecular weight excluding hydrogens is 344 g/mol. The van der Waals surface area contributed by atoms with Crippen LogP contribution in [0.15, 0.2) is 36.4 Å². The van der Waals surface area contributed by atoms with Gasteiger partial charge in [-0.05, 0) is 24.3 Å². The zero-order valence-corrected chi connectivity index (χ0v) is 13.2. The fourth-order valence-corrected chi connectivity index (χ4v) is 2.25. The van der Waals surface area contributed by atoms with Crippen LogP contribution < -0.4 is 16.4 Å². The molecule has 0 aliphatic heterocycles. The van der Waals surface area contributed by atoms with Crippen molar-refractivity contribution < 1.29 is 14.0 Å². The van der Waals surface area contributed by atoms with Gasteiger partial charge in [-0.2, -0.15) is 0 Å². The average Bonchev–Trinajstić information content (AvgIpc) is 2.50. The number of nitrogen functional groups attached to an aromatic ring is 1. The van der Waals surface area contributed by atoms with Gasteiger partial charge in [-0.1, -0.05) is 35.3 Å². The number of carbonyl (C=O) groups is 2. The van der Waals surface area contributed by atoms with Gasteiger partial charge in [0.1, 0.15) is 5.82 Å². The number of nitrogens with two attached hydrogens (primary N) is 1. The second kappa shape index (κ2) is 7.30. The Morgan fingerprint density at radius 1 is 1.13 bits per heavy atom. The lowest BCUT2D eigenvalue weighted by molar-refractivity contribution is -0.115. The van der Waals surface area contributed by atoms with Crippen molar-refractivity contribution in [3.63, 3.8) is 0 Å². The lowest BCUT2D eigenvalue weighted by Gasteiger charge is -2.09. The van der Waals surface area contributed by atoms with E-state index in [0.717, 1.165) is 6.07 Å². The van der Waals surface area contributed by atoms with Crippen LogP contribution in [0.4, 0.5) is 15.8 Å². The average molecular weight is 356 g/mol. The number of carbonyl (C=O) groups excluding carboxylic acids is 2. The maximum absolute atomic E-state index is 13.4. The first-order valence-corrected chi connectivity index (χ1v) is 7.21. The maximum atomic E-state index is 13.4. The zero-order valence-electron chi connectivity index (χ0n) is 11.7. The van der Waals surface area contributed by atoms with E-state index in [1.807, 2.05) is 0 Å². The molecule has 0 fully saturated rings. The minimum absolute atomic E-state index is 0.140. The van der Waals surface area contributed by atoms with Crippen LogP contribution in [0, 0.1) is 5.82 Å². The molecule has 0 radical (unpaired) electrons. The summed E-state index contributed by atoms with van der Waals surface area (Å²) < 4.78 is 13.4. The summed E-state index contributed by atoms with van der Waals surface area (Å²) in [6.45, 7) is -0.340. The molecule has 23 heavy (non-hydrogen) atoms. The van der Waals surface area contributed by atoms with Crippen LogP contribution in [0.2, 0.25) is 10.0 Å². The highest BCUT2D eigenvalue weighted by molar-refractivity contribution is 6.39. The van der Waals surface area contributed by atoms with Gasteiger partial charge in [0.05, 0.1) is 27.8 Å². The van der Waals surface area contributed by atoms with Crippen LogP contribution in [0.1, 0.15) is 10.4 Å². The molecule has 0 heterocycles. The molecule has 2 amide bonds. The molecular formula is C15H12Cl2FN3O2. The smallest absolute Gasteiger partial charge is 0.254 e. The summed E-state index contributed by atoms with van der Waals surface area (Å²) in [5, 5.41) is 5.21. The number of rotatable bonds is 4. The number of halogens is 3. The third kappa shape index (κ3) is 4.34. The quantitative estimate of drug-likeness (QED) is 0.736. The first-order chi connectivity index (χ1) is 10.9. The van der Waals surface area contributed by atoms with Gasteiger partial charge in [-0.3, -0.25) is 9.59 Å². The maximum Gasteiger partial charge on any atom is 0.254 e. The summed E-state index contributed by atoms with van der Waals surface area (Å²) >= 11 is 11.7. The molecule has 0 atom stereocenters. The molecule has 0 aromatic heterocycles. The van der Waals surface area contributed by atoms with Crippen molar-refractivity contribution in [2.45, 2.75) is 0 Å². The number of nitrogens with one attached hydrogen (secondary N) is 2. The van der Waals surface area contributed by atoms with E-state index >= 15 is 0 Å². The van der Waals surface area contributed by atoms with Crippen LogP contribution in [-0.2, 0) is 4.79 Å². The fraction of sp³-hybridized carbons (Fsp3) is 0.0667. The fourth-order valence-electron chi connectivity index (χ4n) is 1.76. The Labute approximate surface area is 141 Å². The van der Waals surface area contributed by atoms with Gasteiger partial charge >= 0.3 is 0 Å². The van der Waals surface area contributed by atoms with Crippen LogP contribution in [0.25, 0.3) is 0 Å². The summed E-state index contributed by atoms with van der Waals surface area (Å²) in [5.41, 5.74) is 5.99. The first-order valence-electron chi connectivity index (χ1n) is 6.45. The minimum Gasteiger partial charge on any atom is -0.396 e. The van der Waals surface area contributed by atoms with Crippen LogP contribution in [0.3, 0.4) is 0 Å². The monoisotopic (exact) mass is 355 g/mol. The van der Waals surface area contributed by atoms with Crippen molar-refractivity contribution in [3.05, 3.63) is 57.8 Å². The SMILES string of the molecule is Nc1c(Cl)cc(NC(=O)CNC(=O)c2ccccc2F)cc1Cl. The topological polar surface area (TPSA) is 84.2 Å². The molecule has 8 heteroatoms. The van der Waals surface area contributed by atoms with Gasteiger partial charge in [0.15, 0.2) is 0 Å². The van der Waals surface area contributed by atoms with Crippen LogP contribution >= 0.6 is 23.2 Å². The molecule has 2 aromatic carbocycles. The molecule has 0 aliphatic rings. The number of hydrogen-bond donors (Lipinski definition) is 3. The van der Waals surface area contributed by atoms with Crippen LogP contribution in [0.5, 0.6) is 0 Å². The molecule has 0 spiro atoms. The minimum atomic E-state index is -0.688. The first kappa shape index (κ1) is 17.1. The molecule has 0 saturated carbocycles. The van der Waals surface area contributed by atoms with E-state index < -0.39 is 17.6 Å². The van der Waals surface area contributed by atoms with E-state index in [1.165, 1.54) is 30.3 Å². The van der Waals surface area contributed by atoms with Crippen molar-refractivity contribution in [1.82, 2.24) is 5.32 Å². The highest BCUT2D eigenvalue weighted by atomic mass is 35.5. The molecule has 4 N–H and O–H groups in total. The number of amides is 2. The molecule has 120 valence electrons. The van der Waals surface area contributed by atoms with E-state index in [1.54, 1.807) is 0 Å². The standard InChI is InChI=1S/C15H12Cl2FN3O2/c16-10-5-8(6-11(17)14(10)19)21-13(22)7-20-15(23)9-3-1-2-4-12(9)18/h1-6H,7,19H2,(H,20,23)(H,21,22). The van der Waals surface area contributed by atoms with Gasteiger partial charge < -0.3 is 16.4 Å². The van der Waals surface area contributed by atoms with Gasteiger partial charge in [-0.15, -0.1) is 0 Å². The van der Waals surface area contributed by atoms with E-state index in [9.17, 15) is 14.0 Å². The normalized spacial score (nSPS) is 10.2. The summed E-state index contributed by atoms with van der Waals surface area (Å²) in [4.78, 5) is 23.6. The number of hydrogen-bond acceptors (Lipinski definition) is 3. The van der Waals surface area contributed by atoms with Crippen LogP contribution in [-0.4, -0.2) is 18.4 Å². The second-order valence-electron chi connectivity index (χ2n) is 4.56. The predicted octanol–water partition coefficient (Wildman–Crippen LogP) is 3.08. The molecule has 2 aromatic rings. The molecule has 0 aliphatic carbocycles. The molecule has 5 nitrogen and oxygen atoms in total. The van der Waals surface area contributed by atoms with E-state index in [0.29, 0.717) is 5.69 Å². The van der Waals surface area contributed by atoms with E-state index in [2.05, 4.69) is 10.6 Å². The lowest BCUT2D eigenvalue weighted by Crippen LogP contribution is -2.33. The van der Waals surface area contributed by atoms with Crippen molar-refractivity contribution >= 4 is 46.4 Å². The van der Waals surface area contributed by atoms with Gasteiger partial charge in [0.2, 0.25) is 5.91 Å². The van der Waals surface area contributed by atoms with Gasteiger partial charge in [-0.25, -0.2) is 4.39 Å². The van der Waals surface area contributed by atoms with Crippen molar-refractivity contribution in [2.75, 3.05) is 17.6 Å². The Hall–Kier alpha value is -2.31. The Morgan fingerprint density at radius 3 is 2.35 bits per heavy atom. The zero-order chi connectivity index (χ0) is 17.0. The Bertz CT molecular complexity index is 745. The summed E-state index contributed by atoms with van der Waals surface area (Å²) in [6, 6.07) is 8.33. The molecule has 0 unspecified atom stereocenters. The van der Waals surface area contributed by atoms with E-state index in [4.69, 9.17) is 28.9 Å². The molecule has 0 saturated heterocycles. The van der Waals surface area contributed by atoms with Crippen molar-refractivity contribution in [3.8, 4) is 0 Å². The van der Waals surface area contributed by atoms with Crippen molar-refractivity contribution in [2.24, 2.45) is 0 Å². The van der Waals surface area contributed by atoms with E-state index in [-0.39, 0.29) is 27.8 Å². The summed E-state index contributed by atoms with van der Waals surface area (Å²) in [5.74, 6) is -1.87. The summed E-state index contributed by atoms with van der Waals surface area (Å²) in [7, 11) is 0. The van der Waals surface area contributed by atoms with Crippen molar-refractivity contribution in [1.29, 1.82) is 0 Å². The summed E-state index contributed by atoms with van der Waals surface area (Å²) in [6.07, 6.45) is 0. The number of benzene rings is 2. The Kier molecular flexibility index (Phi) is 5.41. The lowest BCUT2D eigenvalue weighted by atomic mass is 10.2. The predicted molar refractivity (Wildman–Crippen MR) is 88.2 cm³/mol. The van der Waals surface area contributed by atoms with Gasteiger partial charge in [0, 0.05) is 5.69 Å².